The van der Waals surface area contributed by atoms with Crippen molar-refractivity contribution in [3.8, 4) is 5.75 Å². The Morgan fingerprint density at radius 3 is 2.95 bits per heavy atom. The minimum Gasteiger partial charge on any atom is -0.506 e. The van der Waals surface area contributed by atoms with Crippen LogP contribution in [0, 0.1) is 5.92 Å². The van der Waals surface area contributed by atoms with Crippen LogP contribution in [0.4, 0.5) is 0 Å². The molecule has 7 heteroatoms. The number of nitrogens with one attached hydrogen (secondary N) is 1. The lowest BCUT2D eigenvalue weighted by Crippen LogP contribution is -2.41. The molecule has 0 aromatic heterocycles. The number of aromatic hydroxyl groups is 1. The highest BCUT2D eigenvalue weighted by molar-refractivity contribution is 6.36. The topological polar surface area (TPSA) is 61.8 Å². The number of fused-ring (bicyclic) bond motifs is 3. The summed E-state index contributed by atoms with van der Waals surface area (Å²) in [5.41, 5.74) is 0.687. The van der Waals surface area contributed by atoms with Crippen molar-refractivity contribution < 1.29 is 14.6 Å². The zero-order valence-electron chi connectivity index (χ0n) is 11.3. The summed E-state index contributed by atoms with van der Waals surface area (Å²) in [6.45, 7) is 2.70. The highest BCUT2D eigenvalue weighted by Crippen LogP contribution is 2.33. The molecule has 2 fully saturated rings. The Kier molecular flexibility index (Phi) is 4.26. The SMILES string of the molecule is O=C1N[C@@H]2COC[C@H]1CN(Cc1c(Cl)ccc(O)c1Cl)C2. The van der Waals surface area contributed by atoms with Gasteiger partial charge in [0.05, 0.1) is 30.2 Å². The normalized spacial score (nSPS) is 26.3. The molecule has 2 heterocycles. The maximum Gasteiger partial charge on any atom is 0.227 e. The van der Waals surface area contributed by atoms with E-state index in [9.17, 15) is 9.90 Å². The summed E-state index contributed by atoms with van der Waals surface area (Å²) in [6, 6.07) is 3.08. The summed E-state index contributed by atoms with van der Waals surface area (Å²) in [5, 5.41) is 13.5. The summed E-state index contributed by atoms with van der Waals surface area (Å²) in [4.78, 5) is 14.1. The Morgan fingerprint density at radius 2 is 2.14 bits per heavy atom. The molecule has 0 aliphatic carbocycles. The molecular weight excluding hydrogens is 315 g/mol. The van der Waals surface area contributed by atoms with Crippen molar-refractivity contribution in [2.45, 2.75) is 12.6 Å². The van der Waals surface area contributed by atoms with Crippen LogP contribution >= 0.6 is 23.2 Å². The third-order valence-corrected chi connectivity index (χ3v) is 4.64. The van der Waals surface area contributed by atoms with E-state index in [1.54, 1.807) is 6.07 Å². The van der Waals surface area contributed by atoms with Crippen LogP contribution in [0.2, 0.25) is 10.0 Å². The highest BCUT2D eigenvalue weighted by Gasteiger charge is 2.33. The average Bonchev–Trinajstić information content (AvgIpc) is 2.68. The van der Waals surface area contributed by atoms with Crippen LogP contribution in [0.1, 0.15) is 5.56 Å². The number of ether oxygens (including phenoxy) is 1. The van der Waals surface area contributed by atoms with Crippen LogP contribution in [0.15, 0.2) is 12.1 Å². The minimum absolute atomic E-state index is 0.0172. The van der Waals surface area contributed by atoms with Crippen molar-refractivity contribution in [1.82, 2.24) is 10.2 Å². The number of carbonyl (C=O) groups is 1. The first-order valence-corrected chi connectivity index (χ1v) is 7.56. The molecule has 0 spiro atoms. The fourth-order valence-electron chi connectivity index (χ4n) is 2.80. The number of benzene rings is 1. The van der Waals surface area contributed by atoms with Gasteiger partial charge in [-0.25, -0.2) is 0 Å². The molecular formula is C14H16Cl2N2O3. The molecule has 0 unspecified atom stereocenters. The molecule has 0 radical (unpaired) electrons. The summed E-state index contributed by atoms with van der Waals surface area (Å²) >= 11 is 12.3. The molecule has 2 saturated heterocycles. The van der Waals surface area contributed by atoms with Gasteiger partial charge in [-0.2, -0.15) is 0 Å². The quantitative estimate of drug-likeness (QED) is 0.865. The maximum atomic E-state index is 12.0. The van der Waals surface area contributed by atoms with Gasteiger partial charge in [0.1, 0.15) is 5.75 Å². The van der Waals surface area contributed by atoms with E-state index in [1.165, 1.54) is 6.07 Å². The van der Waals surface area contributed by atoms with Gasteiger partial charge < -0.3 is 15.2 Å². The molecule has 1 aromatic rings. The first-order chi connectivity index (χ1) is 10.0. The van der Waals surface area contributed by atoms with Crippen molar-refractivity contribution in [1.29, 1.82) is 0 Å². The van der Waals surface area contributed by atoms with Gasteiger partial charge in [0.25, 0.3) is 0 Å². The van der Waals surface area contributed by atoms with Crippen molar-refractivity contribution in [2.75, 3.05) is 26.3 Å². The van der Waals surface area contributed by atoms with E-state index < -0.39 is 0 Å². The second kappa shape index (κ2) is 6.01. The molecule has 2 aliphatic rings. The number of amides is 1. The summed E-state index contributed by atoms with van der Waals surface area (Å²) in [6.07, 6.45) is 0. The van der Waals surface area contributed by atoms with Gasteiger partial charge in [-0.15, -0.1) is 0 Å². The Bertz CT molecular complexity index is 567. The number of nitrogens with zero attached hydrogens (tertiary/aromatic N) is 1. The number of hydrogen-bond acceptors (Lipinski definition) is 4. The molecule has 0 saturated carbocycles. The van der Waals surface area contributed by atoms with Crippen LogP contribution in [0.3, 0.4) is 0 Å². The van der Waals surface area contributed by atoms with Crippen LogP contribution in [-0.4, -0.2) is 48.3 Å². The molecule has 3 rings (SSSR count). The molecule has 1 aromatic carbocycles. The first-order valence-electron chi connectivity index (χ1n) is 6.81. The fraction of sp³-hybridized carbons (Fsp3) is 0.500. The van der Waals surface area contributed by atoms with Crippen LogP contribution in [0.25, 0.3) is 0 Å². The van der Waals surface area contributed by atoms with E-state index in [1.807, 2.05) is 0 Å². The summed E-state index contributed by atoms with van der Waals surface area (Å²) in [5.74, 6) is -0.135. The van der Waals surface area contributed by atoms with Gasteiger partial charge in [-0.05, 0) is 12.1 Å². The largest absolute Gasteiger partial charge is 0.506 e. The Labute approximate surface area is 132 Å². The summed E-state index contributed by atoms with van der Waals surface area (Å²) < 4.78 is 5.49. The average molecular weight is 331 g/mol. The van der Waals surface area contributed by atoms with Crippen molar-refractivity contribution in [3.63, 3.8) is 0 Å². The Morgan fingerprint density at radius 1 is 1.33 bits per heavy atom. The van der Waals surface area contributed by atoms with E-state index in [-0.39, 0.29) is 28.6 Å². The number of hydrogen-bond donors (Lipinski definition) is 2. The van der Waals surface area contributed by atoms with Crippen molar-refractivity contribution in [3.05, 3.63) is 27.7 Å². The van der Waals surface area contributed by atoms with E-state index in [2.05, 4.69) is 10.2 Å². The lowest BCUT2D eigenvalue weighted by atomic mass is 10.1. The van der Waals surface area contributed by atoms with E-state index in [4.69, 9.17) is 27.9 Å². The van der Waals surface area contributed by atoms with Gasteiger partial charge in [-0.1, -0.05) is 23.2 Å². The number of halogens is 2. The lowest BCUT2D eigenvalue weighted by Gasteiger charge is -2.28. The third kappa shape index (κ3) is 3.11. The van der Waals surface area contributed by atoms with Gasteiger partial charge in [0, 0.05) is 30.2 Å². The third-order valence-electron chi connectivity index (χ3n) is 3.86. The standard InChI is InChI=1S/C14H16Cl2N2O3/c15-11-1-2-12(19)13(16)10(11)5-18-3-8-6-21-7-9(4-18)17-14(8)20/h1-2,8-9,19H,3-7H2,(H,17,20)/t8-,9+/m1/s1. The highest BCUT2D eigenvalue weighted by atomic mass is 35.5. The molecule has 114 valence electrons. The first kappa shape index (κ1) is 14.9. The zero-order valence-corrected chi connectivity index (χ0v) is 12.8. The minimum atomic E-state index is -0.188. The van der Waals surface area contributed by atoms with Gasteiger partial charge >= 0.3 is 0 Å². The van der Waals surface area contributed by atoms with Crippen LogP contribution in [0.5, 0.6) is 5.75 Å². The fourth-order valence-corrected chi connectivity index (χ4v) is 3.29. The lowest BCUT2D eigenvalue weighted by molar-refractivity contribution is -0.125. The Hall–Kier alpha value is -1.01. The molecule has 1 amide bonds. The van der Waals surface area contributed by atoms with E-state index >= 15 is 0 Å². The molecule has 2 bridgehead atoms. The van der Waals surface area contributed by atoms with Crippen molar-refractivity contribution >= 4 is 29.1 Å². The Balaban J connectivity index is 1.82. The van der Waals surface area contributed by atoms with Crippen LogP contribution in [-0.2, 0) is 16.1 Å². The smallest absolute Gasteiger partial charge is 0.227 e. The number of rotatable bonds is 2. The van der Waals surface area contributed by atoms with E-state index in [0.717, 1.165) is 0 Å². The predicted molar refractivity (Wildman–Crippen MR) is 79.6 cm³/mol. The van der Waals surface area contributed by atoms with Gasteiger partial charge in [0.2, 0.25) is 5.91 Å². The maximum absolute atomic E-state index is 12.0. The van der Waals surface area contributed by atoms with Gasteiger partial charge in [-0.3, -0.25) is 9.69 Å². The second-order valence-corrected chi connectivity index (χ2v) is 6.28. The molecule has 2 atom stereocenters. The monoisotopic (exact) mass is 330 g/mol. The molecule has 5 nitrogen and oxygen atoms in total. The number of phenols is 1. The summed E-state index contributed by atoms with van der Waals surface area (Å²) in [7, 11) is 0. The number of carbonyl (C=O) groups excluding carboxylic acids is 1. The predicted octanol–water partition coefficient (Wildman–Crippen LogP) is 1.65. The van der Waals surface area contributed by atoms with Crippen molar-refractivity contribution in [2.24, 2.45) is 5.92 Å². The van der Waals surface area contributed by atoms with E-state index in [0.29, 0.717) is 43.4 Å². The van der Waals surface area contributed by atoms with Crippen LogP contribution < -0.4 is 5.32 Å². The van der Waals surface area contributed by atoms with Gasteiger partial charge in [0.15, 0.2) is 0 Å². The second-order valence-electron chi connectivity index (χ2n) is 5.49. The molecule has 21 heavy (non-hydrogen) atoms. The molecule has 2 aliphatic heterocycles. The molecule has 2 N–H and O–H groups in total. The zero-order chi connectivity index (χ0) is 15.0. The number of phenolic OH excluding ortho intramolecular Hbond substituents is 1.